The van der Waals surface area contributed by atoms with Gasteiger partial charge in [0.2, 0.25) is 0 Å². The third-order valence-corrected chi connectivity index (χ3v) is 5.10. The highest BCUT2D eigenvalue weighted by Gasteiger charge is 2.07. The lowest BCUT2D eigenvalue weighted by Crippen LogP contribution is -2.02. The normalized spacial score (nSPS) is 11.0. The van der Waals surface area contributed by atoms with E-state index in [9.17, 15) is 0 Å². The molecule has 0 saturated carbocycles. The predicted molar refractivity (Wildman–Crippen MR) is 119 cm³/mol. The number of benzene rings is 3. The number of imidazole rings is 2. The minimum Gasteiger partial charge on any atom is -0.494 e. The predicted octanol–water partition coefficient (Wildman–Crippen LogP) is 4.83. The summed E-state index contributed by atoms with van der Waals surface area (Å²) in [6, 6.07) is 22.7. The van der Waals surface area contributed by atoms with Crippen LogP contribution in [0.25, 0.3) is 22.4 Å². The van der Waals surface area contributed by atoms with Crippen LogP contribution in [0.2, 0.25) is 0 Å². The molecule has 0 saturated heterocycles. The SMILES string of the molecule is COc1cc(NCc2cccc(-n3cnc4ccccc43)c2)ccc1-n1ccnc1. The highest BCUT2D eigenvalue weighted by Crippen LogP contribution is 2.27. The van der Waals surface area contributed by atoms with Gasteiger partial charge in [0.1, 0.15) is 12.1 Å². The molecule has 0 spiro atoms. The smallest absolute Gasteiger partial charge is 0.144 e. The molecule has 3 aromatic carbocycles. The molecule has 0 aliphatic rings. The van der Waals surface area contributed by atoms with Gasteiger partial charge < -0.3 is 14.6 Å². The summed E-state index contributed by atoms with van der Waals surface area (Å²) in [7, 11) is 1.68. The molecule has 6 nitrogen and oxygen atoms in total. The topological polar surface area (TPSA) is 56.9 Å². The number of nitrogens with zero attached hydrogens (tertiary/aromatic N) is 4. The van der Waals surface area contributed by atoms with E-state index in [1.165, 1.54) is 5.56 Å². The third-order valence-electron chi connectivity index (χ3n) is 5.10. The zero-order chi connectivity index (χ0) is 20.3. The second-order valence-electron chi connectivity index (χ2n) is 6.98. The Kier molecular flexibility index (Phi) is 4.65. The van der Waals surface area contributed by atoms with E-state index in [0.29, 0.717) is 6.54 Å². The fraction of sp³-hybridized carbons (Fsp3) is 0.0833. The number of rotatable bonds is 6. The molecular weight excluding hydrogens is 374 g/mol. The van der Waals surface area contributed by atoms with Crippen molar-refractivity contribution in [2.24, 2.45) is 0 Å². The van der Waals surface area contributed by atoms with Gasteiger partial charge in [0.15, 0.2) is 0 Å². The average molecular weight is 395 g/mol. The van der Waals surface area contributed by atoms with Gasteiger partial charge in [-0.3, -0.25) is 4.57 Å². The Morgan fingerprint density at radius 2 is 1.90 bits per heavy atom. The molecule has 0 amide bonds. The van der Waals surface area contributed by atoms with Crippen molar-refractivity contribution in [3.8, 4) is 17.1 Å². The summed E-state index contributed by atoms with van der Waals surface area (Å²) in [4.78, 5) is 8.60. The van der Waals surface area contributed by atoms with E-state index in [1.807, 2.05) is 53.5 Å². The maximum atomic E-state index is 5.57. The molecule has 0 fully saturated rings. The molecule has 30 heavy (non-hydrogen) atoms. The molecule has 0 radical (unpaired) electrons. The number of para-hydroxylation sites is 2. The Hall–Kier alpha value is -4.06. The fourth-order valence-electron chi connectivity index (χ4n) is 3.59. The van der Waals surface area contributed by atoms with Crippen LogP contribution < -0.4 is 10.1 Å². The van der Waals surface area contributed by atoms with Crippen LogP contribution in [0.15, 0.2) is 91.8 Å². The van der Waals surface area contributed by atoms with Gasteiger partial charge in [-0.25, -0.2) is 9.97 Å². The number of ether oxygens (including phenoxy) is 1. The third kappa shape index (κ3) is 3.39. The summed E-state index contributed by atoms with van der Waals surface area (Å²) in [5, 5.41) is 3.49. The number of anilines is 1. The second-order valence-corrected chi connectivity index (χ2v) is 6.98. The first kappa shape index (κ1) is 18.0. The molecule has 5 rings (SSSR count). The number of fused-ring (bicyclic) bond motifs is 1. The zero-order valence-electron chi connectivity index (χ0n) is 16.6. The number of methoxy groups -OCH3 is 1. The fourth-order valence-corrected chi connectivity index (χ4v) is 3.59. The minimum atomic E-state index is 0.702. The molecule has 0 aliphatic carbocycles. The van der Waals surface area contributed by atoms with Gasteiger partial charge in [0.05, 0.1) is 30.2 Å². The van der Waals surface area contributed by atoms with Crippen LogP contribution >= 0.6 is 0 Å². The Balaban J connectivity index is 1.36. The molecule has 148 valence electrons. The molecule has 2 aromatic heterocycles. The molecule has 1 N–H and O–H groups in total. The van der Waals surface area contributed by atoms with Crippen LogP contribution in [-0.2, 0) is 6.54 Å². The van der Waals surface area contributed by atoms with Gasteiger partial charge in [-0.05, 0) is 42.0 Å². The van der Waals surface area contributed by atoms with Crippen molar-refractivity contribution in [2.75, 3.05) is 12.4 Å². The highest BCUT2D eigenvalue weighted by molar-refractivity contribution is 5.77. The summed E-state index contributed by atoms with van der Waals surface area (Å²) in [6.07, 6.45) is 7.28. The van der Waals surface area contributed by atoms with Crippen LogP contribution in [0.5, 0.6) is 5.75 Å². The number of hydrogen-bond acceptors (Lipinski definition) is 4. The summed E-state index contributed by atoms with van der Waals surface area (Å²) in [5.74, 6) is 0.789. The average Bonchev–Trinajstić information content (AvgIpc) is 3.48. The lowest BCUT2D eigenvalue weighted by Gasteiger charge is -2.13. The van der Waals surface area contributed by atoms with Crippen LogP contribution in [0.3, 0.4) is 0 Å². The number of nitrogens with one attached hydrogen (secondary N) is 1. The largest absolute Gasteiger partial charge is 0.494 e. The van der Waals surface area contributed by atoms with Gasteiger partial charge >= 0.3 is 0 Å². The van der Waals surface area contributed by atoms with Gasteiger partial charge in [-0.2, -0.15) is 0 Å². The van der Waals surface area contributed by atoms with Gasteiger partial charge in [-0.1, -0.05) is 24.3 Å². The molecule has 6 heteroatoms. The summed E-state index contributed by atoms with van der Waals surface area (Å²) in [6.45, 7) is 0.702. The standard InChI is InChI=1S/C24H21N5O/c1-30-24-14-19(9-10-23(24)28-12-11-25-16-28)26-15-18-5-4-6-20(13-18)29-17-27-21-7-2-3-8-22(21)29/h2-14,16-17,26H,15H2,1H3. The molecule has 0 atom stereocenters. The number of aromatic nitrogens is 4. The lowest BCUT2D eigenvalue weighted by molar-refractivity contribution is 0.413. The van der Waals surface area contributed by atoms with Crippen LogP contribution in [0.4, 0.5) is 5.69 Å². The first-order valence-corrected chi connectivity index (χ1v) is 9.73. The van der Waals surface area contributed by atoms with E-state index in [-0.39, 0.29) is 0 Å². The van der Waals surface area contributed by atoms with E-state index in [2.05, 4.69) is 50.2 Å². The second kappa shape index (κ2) is 7.75. The molecule has 0 bridgehead atoms. The van der Waals surface area contributed by atoms with Crippen molar-refractivity contribution in [1.29, 1.82) is 0 Å². The Labute approximate surface area is 174 Å². The summed E-state index contributed by atoms with van der Waals surface area (Å²) in [5.41, 5.74) is 6.32. The van der Waals surface area contributed by atoms with Crippen molar-refractivity contribution in [3.63, 3.8) is 0 Å². The van der Waals surface area contributed by atoms with Crippen LogP contribution in [0, 0.1) is 0 Å². The van der Waals surface area contributed by atoms with Gasteiger partial charge in [-0.15, -0.1) is 0 Å². The molecule has 2 heterocycles. The van der Waals surface area contributed by atoms with E-state index in [4.69, 9.17) is 4.74 Å². The minimum absolute atomic E-state index is 0.702. The van der Waals surface area contributed by atoms with E-state index >= 15 is 0 Å². The summed E-state index contributed by atoms with van der Waals surface area (Å²) < 4.78 is 9.62. The Bertz CT molecular complexity index is 1290. The maximum Gasteiger partial charge on any atom is 0.144 e. The first-order chi connectivity index (χ1) is 14.8. The van der Waals surface area contributed by atoms with Crippen LogP contribution in [-0.4, -0.2) is 26.2 Å². The Morgan fingerprint density at radius 3 is 2.77 bits per heavy atom. The highest BCUT2D eigenvalue weighted by atomic mass is 16.5. The maximum absolute atomic E-state index is 5.57. The molecular formula is C24H21N5O. The van der Waals surface area contributed by atoms with Crippen molar-refractivity contribution < 1.29 is 4.74 Å². The van der Waals surface area contributed by atoms with E-state index < -0.39 is 0 Å². The zero-order valence-corrected chi connectivity index (χ0v) is 16.6. The molecule has 0 unspecified atom stereocenters. The molecule has 0 aliphatic heterocycles. The van der Waals surface area contributed by atoms with Crippen molar-refractivity contribution in [2.45, 2.75) is 6.54 Å². The Morgan fingerprint density at radius 1 is 0.967 bits per heavy atom. The monoisotopic (exact) mass is 395 g/mol. The molecule has 5 aromatic rings. The van der Waals surface area contributed by atoms with Crippen molar-refractivity contribution in [1.82, 2.24) is 19.1 Å². The first-order valence-electron chi connectivity index (χ1n) is 9.73. The van der Waals surface area contributed by atoms with Gasteiger partial charge in [0, 0.05) is 36.4 Å². The lowest BCUT2D eigenvalue weighted by atomic mass is 10.2. The number of hydrogen-bond donors (Lipinski definition) is 1. The quantitative estimate of drug-likeness (QED) is 0.447. The van der Waals surface area contributed by atoms with Crippen molar-refractivity contribution in [3.05, 3.63) is 97.3 Å². The van der Waals surface area contributed by atoms with Crippen molar-refractivity contribution >= 4 is 16.7 Å². The van der Waals surface area contributed by atoms with E-state index in [1.54, 1.807) is 19.6 Å². The van der Waals surface area contributed by atoms with Gasteiger partial charge in [0.25, 0.3) is 0 Å². The van der Waals surface area contributed by atoms with Crippen LogP contribution in [0.1, 0.15) is 5.56 Å². The van der Waals surface area contributed by atoms with E-state index in [0.717, 1.165) is 33.8 Å². The summed E-state index contributed by atoms with van der Waals surface area (Å²) >= 11 is 0.